The molecule has 8 rings (SSSR count). The zero-order chi connectivity index (χ0) is 30.7. The Balaban J connectivity index is 1.25. The highest BCUT2D eigenvalue weighted by Crippen LogP contribution is 2.44. The van der Waals surface area contributed by atoms with Gasteiger partial charge in [-0.05, 0) is 82.6 Å². The number of benzene rings is 8. The molecule has 0 aliphatic rings. The summed E-state index contributed by atoms with van der Waals surface area (Å²) in [6, 6.07) is 69.2. The van der Waals surface area contributed by atoms with E-state index in [-0.39, 0.29) is 0 Å². The third kappa shape index (κ3) is 5.06. The molecule has 0 atom stereocenters. The molecule has 2 nitrogen and oxygen atoms in total. The SMILES string of the molecule is c1ccc(N(c2ccccc2)c2ccc(-c3ccc(N(c4ccccc4)c4cccc5ccccc45)c4ccccc34)cc2)cc1. The van der Waals surface area contributed by atoms with Crippen molar-refractivity contribution < 1.29 is 0 Å². The van der Waals surface area contributed by atoms with Crippen LogP contribution in [-0.4, -0.2) is 0 Å². The lowest BCUT2D eigenvalue weighted by Crippen LogP contribution is -2.11. The maximum Gasteiger partial charge on any atom is 0.0540 e. The first kappa shape index (κ1) is 27.4. The summed E-state index contributed by atoms with van der Waals surface area (Å²) in [6.07, 6.45) is 0. The van der Waals surface area contributed by atoms with Crippen molar-refractivity contribution in [2.75, 3.05) is 9.80 Å². The van der Waals surface area contributed by atoms with Gasteiger partial charge in [0.1, 0.15) is 0 Å². The maximum absolute atomic E-state index is 2.40. The van der Waals surface area contributed by atoms with Crippen LogP contribution in [0.3, 0.4) is 0 Å². The molecule has 0 unspecified atom stereocenters. The van der Waals surface area contributed by atoms with Crippen molar-refractivity contribution in [3.05, 3.63) is 194 Å². The van der Waals surface area contributed by atoms with Gasteiger partial charge in [-0.15, -0.1) is 0 Å². The fourth-order valence-corrected chi connectivity index (χ4v) is 6.51. The van der Waals surface area contributed by atoms with Crippen molar-refractivity contribution in [3.8, 4) is 11.1 Å². The fraction of sp³-hybridized carbons (Fsp3) is 0. The van der Waals surface area contributed by atoms with Crippen LogP contribution in [0.2, 0.25) is 0 Å². The lowest BCUT2D eigenvalue weighted by Gasteiger charge is -2.28. The normalized spacial score (nSPS) is 11.0. The lowest BCUT2D eigenvalue weighted by atomic mass is 9.95. The fourth-order valence-electron chi connectivity index (χ4n) is 6.51. The van der Waals surface area contributed by atoms with Crippen molar-refractivity contribution >= 4 is 55.7 Å². The molecule has 2 heteroatoms. The molecule has 0 aliphatic carbocycles. The van der Waals surface area contributed by atoms with Crippen molar-refractivity contribution in [2.45, 2.75) is 0 Å². The van der Waals surface area contributed by atoms with E-state index in [1.165, 1.54) is 32.7 Å². The maximum atomic E-state index is 2.40. The van der Waals surface area contributed by atoms with Crippen molar-refractivity contribution in [2.24, 2.45) is 0 Å². The molecule has 0 fully saturated rings. The van der Waals surface area contributed by atoms with E-state index in [1.807, 2.05) is 0 Å². The van der Waals surface area contributed by atoms with E-state index in [0.29, 0.717) is 0 Å². The Morgan fingerprint density at radius 2 is 0.717 bits per heavy atom. The predicted octanol–water partition coefficient (Wildman–Crippen LogP) is 12.6. The van der Waals surface area contributed by atoms with E-state index in [2.05, 4.69) is 204 Å². The molecule has 0 aliphatic heterocycles. The van der Waals surface area contributed by atoms with E-state index >= 15 is 0 Å². The summed E-state index contributed by atoms with van der Waals surface area (Å²) in [7, 11) is 0. The van der Waals surface area contributed by atoms with Gasteiger partial charge < -0.3 is 9.80 Å². The highest BCUT2D eigenvalue weighted by molar-refractivity contribution is 6.08. The Bertz CT molecular complexity index is 2200. The molecule has 0 amide bonds. The first-order valence-corrected chi connectivity index (χ1v) is 15.7. The second-order valence-corrected chi connectivity index (χ2v) is 11.4. The molecule has 0 heterocycles. The summed E-state index contributed by atoms with van der Waals surface area (Å²) in [5.41, 5.74) is 9.21. The molecule has 0 saturated heterocycles. The molecular formula is C44H32N2. The van der Waals surface area contributed by atoms with Gasteiger partial charge in [-0.3, -0.25) is 0 Å². The number of nitrogens with zero attached hydrogens (tertiary/aromatic N) is 2. The van der Waals surface area contributed by atoms with Gasteiger partial charge in [0.2, 0.25) is 0 Å². The smallest absolute Gasteiger partial charge is 0.0540 e. The number of anilines is 6. The van der Waals surface area contributed by atoms with Crippen LogP contribution < -0.4 is 9.80 Å². The van der Waals surface area contributed by atoms with Crippen LogP contribution in [-0.2, 0) is 0 Å². The second-order valence-electron chi connectivity index (χ2n) is 11.4. The quantitative estimate of drug-likeness (QED) is 0.183. The third-order valence-electron chi connectivity index (χ3n) is 8.63. The largest absolute Gasteiger partial charge is 0.311 e. The first-order valence-electron chi connectivity index (χ1n) is 15.7. The van der Waals surface area contributed by atoms with E-state index in [0.717, 1.165) is 34.1 Å². The highest BCUT2D eigenvalue weighted by Gasteiger charge is 2.19. The van der Waals surface area contributed by atoms with E-state index in [9.17, 15) is 0 Å². The molecular weight excluding hydrogens is 556 g/mol. The number of rotatable bonds is 7. The van der Waals surface area contributed by atoms with Gasteiger partial charge in [0.25, 0.3) is 0 Å². The summed E-state index contributed by atoms with van der Waals surface area (Å²) < 4.78 is 0. The lowest BCUT2D eigenvalue weighted by molar-refractivity contribution is 1.28. The zero-order valence-electron chi connectivity index (χ0n) is 25.4. The Morgan fingerprint density at radius 3 is 1.35 bits per heavy atom. The molecule has 0 radical (unpaired) electrons. The van der Waals surface area contributed by atoms with E-state index in [1.54, 1.807) is 0 Å². The van der Waals surface area contributed by atoms with Crippen molar-refractivity contribution in [3.63, 3.8) is 0 Å². The van der Waals surface area contributed by atoms with Gasteiger partial charge in [0.05, 0.1) is 11.4 Å². The summed E-state index contributed by atoms with van der Waals surface area (Å²) in [5.74, 6) is 0. The average Bonchev–Trinajstić information content (AvgIpc) is 3.14. The summed E-state index contributed by atoms with van der Waals surface area (Å²) in [5, 5.41) is 4.87. The molecule has 0 aromatic heterocycles. The highest BCUT2D eigenvalue weighted by atomic mass is 15.1. The first-order chi connectivity index (χ1) is 22.8. The van der Waals surface area contributed by atoms with Gasteiger partial charge >= 0.3 is 0 Å². The van der Waals surface area contributed by atoms with E-state index in [4.69, 9.17) is 0 Å². The topological polar surface area (TPSA) is 6.48 Å². The minimum Gasteiger partial charge on any atom is -0.311 e. The van der Waals surface area contributed by atoms with Crippen LogP contribution in [0.1, 0.15) is 0 Å². The monoisotopic (exact) mass is 588 g/mol. The Labute approximate surface area is 270 Å². The number of hydrogen-bond donors (Lipinski definition) is 0. The van der Waals surface area contributed by atoms with Gasteiger partial charge in [-0.25, -0.2) is 0 Å². The van der Waals surface area contributed by atoms with Crippen LogP contribution in [0.5, 0.6) is 0 Å². The second kappa shape index (κ2) is 12.1. The molecule has 218 valence electrons. The van der Waals surface area contributed by atoms with Crippen LogP contribution >= 0.6 is 0 Å². The van der Waals surface area contributed by atoms with Crippen molar-refractivity contribution in [1.29, 1.82) is 0 Å². The third-order valence-corrected chi connectivity index (χ3v) is 8.63. The van der Waals surface area contributed by atoms with Gasteiger partial charge in [0, 0.05) is 33.5 Å². The summed E-state index contributed by atoms with van der Waals surface area (Å²) in [6.45, 7) is 0. The molecule has 0 spiro atoms. The Morgan fingerprint density at radius 1 is 0.261 bits per heavy atom. The number of fused-ring (bicyclic) bond motifs is 2. The van der Waals surface area contributed by atoms with Crippen molar-refractivity contribution in [1.82, 2.24) is 0 Å². The minimum absolute atomic E-state index is 1.12. The van der Waals surface area contributed by atoms with Gasteiger partial charge in [-0.2, -0.15) is 0 Å². The number of para-hydroxylation sites is 3. The summed E-state index contributed by atoms with van der Waals surface area (Å²) >= 11 is 0. The standard InChI is InChI=1S/C44H32N2/c1-4-17-35(18-5-1)45(36-19-6-2-7-20-36)38-29-27-34(28-30-38)39-31-32-44(42-25-13-12-24-41(39)42)46(37-21-8-3-9-22-37)43-26-14-16-33-15-10-11-23-40(33)43/h1-32H. The van der Waals surface area contributed by atoms with Crippen LogP contribution in [0.4, 0.5) is 34.1 Å². The number of hydrogen-bond acceptors (Lipinski definition) is 2. The van der Waals surface area contributed by atoms with Gasteiger partial charge in [-0.1, -0.05) is 133 Å². The molecule has 0 bridgehead atoms. The molecule has 0 N–H and O–H groups in total. The summed E-state index contributed by atoms with van der Waals surface area (Å²) in [4.78, 5) is 4.70. The molecule has 0 saturated carbocycles. The van der Waals surface area contributed by atoms with Gasteiger partial charge in [0.15, 0.2) is 0 Å². The minimum atomic E-state index is 1.12. The average molecular weight is 589 g/mol. The zero-order valence-corrected chi connectivity index (χ0v) is 25.4. The Hall–Kier alpha value is -6.12. The van der Waals surface area contributed by atoms with Crippen LogP contribution in [0.25, 0.3) is 32.7 Å². The predicted molar refractivity (Wildman–Crippen MR) is 196 cm³/mol. The van der Waals surface area contributed by atoms with Crippen LogP contribution in [0.15, 0.2) is 194 Å². The molecule has 8 aromatic rings. The van der Waals surface area contributed by atoms with Crippen LogP contribution in [0, 0.1) is 0 Å². The van der Waals surface area contributed by atoms with E-state index < -0.39 is 0 Å². The molecule has 8 aromatic carbocycles. The Kier molecular flexibility index (Phi) is 7.22. The molecule has 46 heavy (non-hydrogen) atoms.